The Balaban J connectivity index is 1.62. The lowest BCUT2D eigenvalue weighted by atomic mass is 10.2. The van der Waals surface area contributed by atoms with Crippen molar-refractivity contribution in [2.24, 2.45) is 0 Å². The van der Waals surface area contributed by atoms with E-state index in [9.17, 15) is 4.79 Å². The van der Waals surface area contributed by atoms with Gasteiger partial charge in [-0.1, -0.05) is 6.07 Å². The third-order valence-corrected chi connectivity index (χ3v) is 3.28. The van der Waals surface area contributed by atoms with Crippen LogP contribution in [-0.4, -0.2) is 10.9 Å². The summed E-state index contributed by atoms with van der Waals surface area (Å²) in [5, 5.41) is 14.8. The maximum Gasteiger partial charge on any atom is 0.270 e. The minimum Gasteiger partial charge on any atom is -0.467 e. The molecule has 1 aromatic carbocycles. The first-order valence-corrected chi connectivity index (χ1v) is 7.28. The molecule has 0 aliphatic rings. The zero-order valence-corrected chi connectivity index (χ0v) is 12.7. The van der Waals surface area contributed by atoms with Gasteiger partial charge in [-0.15, -0.1) is 0 Å². The molecular formula is C18H14N4O2. The molecule has 0 atom stereocenters. The quantitative estimate of drug-likeness (QED) is 0.753. The van der Waals surface area contributed by atoms with E-state index in [2.05, 4.69) is 21.7 Å². The molecule has 0 spiro atoms. The second-order valence-corrected chi connectivity index (χ2v) is 5.01. The maximum atomic E-state index is 12.0. The van der Waals surface area contributed by atoms with Gasteiger partial charge in [-0.3, -0.25) is 4.79 Å². The van der Waals surface area contributed by atoms with E-state index in [0.717, 1.165) is 11.4 Å². The second-order valence-electron chi connectivity index (χ2n) is 5.01. The normalized spacial score (nSPS) is 9.96. The smallest absolute Gasteiger partial charge is 0.270 e. The molecular weight excluding hydrogens is 304 g/mol. The first-order valence-electron chi connectivity index (χ1n) is 7.28. The molecule has 2 aromatic heterocycles. The van der Waals surface area contributed by atoms with Gasteiger partial charge in [0.15, 0.2) is 0 Å². The average molecular weight is 318 g/mol. The number of pyridine rings is 1. The van der Waals surface area contributed by atoms with Crippen LogP contribution < -0.4 is 10.6 Å². The van der Waals surface area contributed by atoms with Crippen molar-refractivity contribution >= 4 is 17.3 Å². The number of carbonyl (C=O) groups excluding carboxylic acids is 1. The molecule has 0 bridgehead atoms. The van der Waals surface area contributed by atoms with E-state index in [0.29, 0.717) is 23.6 Å². The summed E-state index contributed by atoms with van der Waals surface area (Å²) >= 11 is 0. The summed E-state index contributed by atoms with van der Waals surface area (Å²) in [5.74, 6) is 0.406. The minimum absolute atomic E-state index is 0.274. The van der Waals surface area contributed by atoms with Crippen molar-refractivity contribution in [2.75, 3.05) is 5.32 Å². The molecule has 3 rings (SSSR count). The third kappa shape index (κ3) is 3.78. The number of nitrogens with one attached hydrogen (secondary N) is 2. The van der Waals surface area contributed by atoms with Gasteiger partial charge in [0.25, 0.3) is 5.91 Å². The first kappa shape index (κ1) is 15.3. The van der Waals surface area contributed by atoms with Crippen LogP contribution in [0.5, 0.6) is 0 Å². The number of benzene rings is 1. The van der Waals surface area contributed by atoms with Gasteiger partial charge >= 0.3 is 0 Å². The number of hydrogen-bond donors (Lipinski definition) is 2. The monoisotopic (exact) mass is 318 g/mol. The molecule has 6 heteroatoms. The maximum absolute atomic E-state index is 12.0. The fraction of sp³-hybridized carbons (Fsp3) is 0.0556. The fourth-order valence-corrected chi connectivity index (χ4v) is 2.11. The highest BCUT2D eigenvalue weighted by atomic mass is 16.3. The Kier molecular flexibility index (Phi) is 4.54. The highest BCUT2D eigenvalue weighted by Crippen LogP contribution is 2.17. The van der Waals surface area contributed by atoms with E-state index in [4.69, 9.17) is 9.68 Å². The number of nitrogens with zero attached hydrogens (tertiary/aromatic N) is 2. The predicted molar refractivity (Wildman–Crippen MR) is 88.6 cm³/mol. The molecule has 2 heterocycles. The Morgan fingerprint density at radius 1 is 1.17 bits per heavy atom. The molecule has 0 saturated carbocycles. The molecule has 0 aliphatic carbocycles. The Morgan fingerprint density at radius 3 is 2.79 bits per heavy atom. The summed E-state index contributed by atoms with van der Waals surface area (Å²) < 4.78 is 5.16. The van der Waals surface area contributed by atoms with Crippen molar-refractivity contribution in [2.45, 2.75) is 6.54 Å². The Bertz CT molecular complexity index is 865. The fourth-order valence-electron chi connectivity index (χ4n) is 2.11. The highest BCUT2D eigenvalue weighted by Gasteiger charge is 2.08. The van der Waals surface area contributed by atoms with Crippen molar-refractivity contribution < 1.29 is 9.21 Å². The van der Waals surface area contributed by atoms with Crippen LogP contribution in [0.15, 0.2) is 65.4 Å². The lowest BCUT2D eigenvalue weighted by molar-refractivity contribution is 0.0943. The minimum atomic E-state index is -0.274. The van der Waals surface area contributed by atoms with Crippen molar-refractivity contribution in [3.63, 3.8) is 0 Å². The van der Waals surface area contributed by atoms with Crippen molar-refractivity contribution in [1.29, 1.82) is 5.26 Å². The number of aromatic nitrogens is 1. The van der Waals surface area contributed by atoms with Gasteiger partial charge in [-0.25, -0.2) is 4.98 Å². The summed E-state index contributed by atoms with van der Waals surface area (Å²) in [7, 11) is 0. The molecule has 2 N–H and O–H groups in total. The molecule has 118 valence electrons. The molecule has 24 heavy (non-hydrogen) atoms. The number of anilines is 2. The molecule has 0 radical (unpaired) electrons. The number of carbonyl (C=O) groups is 1. The van der Waals surface area contributed by atoms with Crippen LogP contribution in [0, 0.1) is 11.3 Å². The predicted octanol–water partition coefficient (Wildman–Crippen LogP) is 3.22. The number of nitriles is 1. The lowest BCUT2D eigenvalue weighted by Gasteiger charge is -2.07. The Labute approximate surface area is 138 Å². The SMILES string of the molecule is N#Cc1cccc(Nc2ccc(C(=O)NCc3ccco3)nc2)c1. The zero-order chi connectivity index (χ0) is 16.8. The van der Waals surface area contributed by atoms with Crippen molar-refractivity contribution in [3.05, 3.63) is 78.0 Å². The van der Waals surface area contributed by atoms with E-state index in [1.165, 1.54) is 0 Å². The van der Waals surface area contributed by atoms with Gasteiger partial charge in [0.1, 0.15) is 11.5 Å². The molecule has 0 fully saturated rings. The average Bonchev–Trinajstić information content (AvgIpc) is 3.14. The van der Waals surface area contributed by atoms with E-state index >= 15 is 0 Å². The number of rotatable bonds is 5. The van der Waals surface area contributed by atoms with Crippen LogP contribution >= 0.6 is 0 Å². The lowest BCUT2D eigenvalue weighted by Crippen LogP contribution is -2.23. The number of amides is 1. The van der Waals surface area contributed by atoms with Crippen LogP contribution in [0.1, 0.15) is 21.8 Å². The summed E-state index contributed by atoms with van der Waals surface area (Å²) in [5.41, 5.74) is 2.40. The van der Waals surface area contributed by atoms with Crippen LogP contribution in [0.4, 0.5) is 11.4 Å². The van der Waals surface area contributed by atoms with Crippen molar-refractivity contribution in [1.82, 2.24) is 10.3 Å². The van der Waals surface area contributed by atoms with Gasteiger partial charge in [-0.05, 0) is 42.5 Å². The second kappa shape index (κ2) is 7.11. The Hall–Kier alpha value is -3.59. The molecule has 0 unspecified atom stereocenters. The van der Waals surface area contributed by atoms with E-state index in [-0.39, 0.29) is 5.91 Å². The summed E-state index contributed by atoms with van der Waals surface area (Å²) in [4.78, 5) is 16.2. The molecule has 6 nitrogen and oxygen atoms in total. The number of hydrogen-bond acceptors (Lipinski definition) is 5. The van der Waals surface area contributed by atoms with Crippen LogP contribution in [0.3, 0.4) is 0 Å². The van der Waals surface area contributed by atoms with Gasteiger partial charge in [0.2, 0.25) is 0 Å². The topological polar surface area (TPSA) is 91.0 Å². The van der Waals surface area contributed by atoms with E-state index < -0.39 is 0 Å². The van der Waals surface area contributed by atoms with Gasteiger partial charge in [0, 0.05) is 5.69 Å². The Morgan fingerprint density at radius 2 is 2.08 bits per heavy atom. The van der Waals surface area contributed by atoms with E-state index in [1.54, 1.807) is 54.9 Å². The summed E-state index contributed by atoms with van der Waals surface area (Å²) in [6, 6.07) is 16.2. The molecule has 3 aromatic rings. The third-order valence-electron chi connectivity index (χ3n) is 3.28. The van der Waals surface area contributed by atoms with Crippen LogP contribution in [0.2, 0.25) is 0 Å². The van der Waals surface area contributed by atoms with Crippen LogP contribution in [0.25, 0.3) is 0 Å². The largest absolute Gasteiger partial charge is 0.467 e. The standard InChI is InChI=1S/C18H14N4O2/c19-10-13-3-1-4-14(9-13)22-15-6-7-17(20-11-15)18(23)21-12-16-5-2-8-24-16/h1-9,11,22H,12H2,(H,21,23). The molecule has 0 aliphatic heterocycles. The van der Waals surface area contributed by atoms with Crippen LogP contribution in [-0.2, 0) is 6.54 Å². The summed E-state index contributed by atoms with van der Waals surface area (Å²) in [6.45, 7) is 0.314. The highest BCUT2D eigenvalue weighted by molar-refractivity contribution is 5.92. The number of furan rings is 1. The molecule has 1 amide bonds. The van der Waals surface area contributed by atoms with Gasteiger partial charge in [-0.2, -0.15) is 5.26 Å². The molecule has 0 saturated heterocycles. The summed E-state index contributed by atoms with van der Waals surface area (Å²) in [6.07, 6.45) is 3.13. The van der Waals surface area contributed by atoms with Crippen molar-refractivity contribution in [3.8, 4) is 6.07 Å². The van der Waals surface area contributed by atoms with Gasteiger partial charge < -0.3 is 15.1 Å². The van der Waals surface area contributed by atoms with Gasteiger partial charge in [0.05, 0.1) is 36.3 Å². The first-order chi connectivity index (χ1) is 11.7. The van der Waals surface area contributed by atoms with E-state index in [1.807, 2.05) is 6.07 Å². The zero-order valence-electron chi connectivity index (χ0n) is 12.7.